The zero-order chi connectivity index (χ0) is 22.4. The summed E-state index contributed by atoms with van der Waals surface area (Å²) in [6, 6.07) is 18.8. The molecule has 2 N–H and O–H groups in total. The van der Waals surface area contributed by atoms with E-state index in [4.69, 9.17) is 15.2 Å². The van der Waals surface area contributed by atoms with E-state index in [0.29, 0.717) is 18.6 Å². The van der Waals surface area contributed by atoms with Crippen LogP contribution in [0.4, 0.5) is 0 Å². The third-order valence-corrected chi connectivity index (χ3v) is 5.37. The maximum absolute atomic E-state index is 6.36. The Hall–Kier alpha value is -1.55. The molecule has 0 amide bonds. The van der Waals surface area contributed by atoms with Gasteiger partial charge in [0.15, 0.2) is 0 Å². The van der Waals surface area contributed by atoms with Gasteiger partial charge < -0.3 is 15.2 Å². The van der Waals surface area contributed by atoms with E-state index in [-0.39, 0.29) is 23.9 Å². The topological polar surface area (TPSA) is 44.5 Å². The van der Waals surface area contributed by atoms with Crippen LogP contribution in [0, 0.1) is 5.41 Å². The van der Waals surface area contributed by atoms with Gasteiger partial charge in [0.2, 0.25) is 0 Å². The van der Waals surface area contributed by atoms with Gasteiger partial charge in [-0.1, -0.05) is 77.1 Å². The van der Waals surface area contributed by atoms with Crippen molar-refractivity contribution in [3.63, 3.8) is 0 Å². The van der Waals surface area contributed by atoms with Gasteiger partial charge in [-0.2, -0.15) is 0 Å². The fourth-order valence-electron chi connectivity index (χ4n) is 4.15. The van der Waals surface area contributed by atoms with E-state index in [9.17, 15) is 0 Å². The lowest BCUT2D eigenvalue weighted by Gasteiger charge is -2.33. The molecule has 0 aromatic heterocycles. The molecule has 4 heteroatoms. The first-order chi connectivity index (χ1) is 13.9. The first kappa shape index (κ1) is 27.5. The minimum atomic E-state index is -0.421. The average Bonchev–Trinajstić information content (AvgIpc) is 2.62. The van der Waals surface area contributed by atoms with Crippen LogP contribution in [0.3, 0.4) is 0 Å². The van der Waals surface area contributed by atoms with E-state index in [2.05, 4.69) is 71.0 Å². The highest BCUT2D eigenvalue weighted by Gasteiger charge is 2.27. The lowest BCUT2D eigenvalue weighted by molar-refractivity contribution is -0.00299. The highest BCUT2D eigenvalue weighted by atomic mass is 35.5. The fraction of sp³-hybridized carbons (Fsp3) is 0.556. The Bertz CT molecular complexity index is 759. The number of halogens is 1. The molecule has 0 bridgehead atoms. The van der Waals surface area contributed by atoms with Crippen LogP contribution in [0.5, 0.6) is 5.75 Å². The van der Waals surface area contributed by atoms with Crippen LogP contribution < -0.4 is 10.5 Å². The summed E-state index contributed by atoms with van der Waals surface area (Å²) in [5.41, 5.74) is 8.94. The lowest BCUT2D eigenvalue weighted by atomic mass is 9.72. The average molecular weight is 448 g/mol. The van der Waals surface area contributed by atoms with Gasteiger partial charge in [0.1, 0.15) is 12.4 Å². The predicted molar refractivity (Wildman–Crippen MR) is 134 cm³/mol. The molecule has 0 fully saturated rings. The van der Waals surface area contributed by atoms with E-state index >= 15 is 0 Å². The highest BCUT2D eigenvalue weighted by molar-refractivity contribution is 5.85. The van der Waals surface area contributed by atoms with Gasteiger partial charge >= 0.3 is 0 Å². The van der Waals surface area contributed by atoms with Crippen LogP contribution >= 0.6 is 12.4 Å². The second-order valence-corrected chi connectivity index (χ2v) is 10.9. The van der Waals surface area contributed by atoms with Gasteiger partial charge in [-0.15, -0.1) is 12.4 Å². The summed E-state index contributed by atoms with van der Waals surface area (Å²) in [7, 11) is 0. The van der Waals surface area contributed by atoms with Crippen molar-refractivity contribution in [2.24, 2.45) is 11.1 Å². The van der Waals surface area contributed by atoms with E-state index < -0.39 is 5.54 Å². The summed E-state index contributed by atoms with van der Waals surface area (Å²) >= 11 is 0. The van der Waals surface area contributed by atoms with Crippen LogP contribution in [0.1, 0.15) is 66.0 Å². The van der Waals surface area contributed by atoms with Crippen molar-refractivity contribution in [2.45, 2.75) is 78.4 Å². The van der Waals surface area contributed by atoms with Crippen molar-refractivity contribution in [3.8, 4) is 5.75 Å². The largest absolute Gasteiger partial charge is 0.491 e. The molecule has 174 valence electrons. The first-order valence-corrected chi connectivity index (χ1v) is 11.0. The lowest BCUT2D eigenvalue weighted by Crippen LogP contribution is -2.48. The predicted octanol–water partition coefficient (Wildman–Crippen LogP) is 6.57. The molecule has 2 aromatic rings. The zero-order valence-electron chi connectivity index (χ0n) is 20.4. The van der Waals surface area contributed by atoms with Crippen LogP contribution in [-0.2, 0) is 16.6 Å². The minimum Gasteiger partial charge on any atom is -0.491 e. The molecule has 0 saturated carbocycles. The van der Waals surface area contributed by atoms with Gasteiger partial charge in [0.25, 0.3) is 0 Å². The Balaban J connectivity index is 0.00000480. The monoisotopic (exact) mass is 447 g/mol. The Morgan fingerprint density at radius 3 is 1.90 bits per heavy atom. The molecule has 1 atom stereocenters. The zero-order valence-corrected chi connectivity index (χ0v) is 21.2. The van der Waals surface area contributed by atoms with Gasteiger partial charge in [-0.05, 0) is 54.4 Å². The molecule has 1 unspecified atom stereocenters. The normalized spacial score (nSPS) is 13.4. The number of hydrogen-bond donors (Lipinski definition) is 1. The maximum atomic E-state index is 6.36. The van der Waals surface area contributed by atoms with E-state index in [1.807, 2.05) is 32.0 Å². The van der Waals surface area contributed by atoms with Gasteiger partial charge in [0, 0.05) is 12.0 Å². The summed E-state index contributed by atoms with van der Waals surface area (Å²) in [4.78, 5) is 0. The number of nitrogens with two attached hydrogens (primary N) is 1. The molecule has 0 radical (unpaired) electrons. The molecule has 3 nitrogen and oxygen atoms in total. The molecule has 0 aliphatic heterocycles. The second kappa shape index (κ2) is 11.4. The standard InChI is InChI=1S/C27H41NO2.ClH/c1-25(2,3)20-26(4,5)22-13-15-23(16-14-22)29-17-18-30-24(27(6,7)28)19-21-11-9-8-10-12-21;/h8-16,24H,17-20,28H2,1-7H3;1H. The Morgan fingerprint density at radius 2 is 1.39 bits per heavy atom. The van der Waals surface area contributed by atoms with E-state index in [0.717, 1.165) is 18.6 Å². The first-order valence-electron chi connectivity index (χ1n) is 11.0. The number of hydrogen-bond acceptors (Lipinski definition) is 3. The summed E-state index contributed by atoms with van der Waals surface area (Å²) < 4.78 is 12.0. The van der Waals surface area contributed by atoms with Gasteiger partial charge in [0.05, 0.1) is 12.7 Å². The van der Waals surface area contributed by atoms with Crippen LogP contribution in [-0.4, -0.2) is 24.9 Å². The molecule has 31 heavy (non-hydrogen) atoms. The quantitative estimate of drug-likeness (QED) is 0.419. The minimum absolute atomic E-state index is 0. The number of rotatable bonds is 10. The van der Waals surface area contributed by atoms with Crippen molar-refractivity contribution in [1.29, 1.82) is 0 Å². The second-order valence-electron chi connectivity index (χ2n) is 10.9. The Morgan fingerprint density at radius 1 is 0.806 bits per heavy atom. The third kappa shape index (κ3) is 9.64. The molecule has 0 heterocycles. The summed E-state index contributed by atoms with van der Waals surface area (Å²) in [5, 5.41) is 0. The highest BCUT2D eigenvalue weighted by Crippen LogP contribution is 2.36. The van der Waals surface area contributed by atoms with Crippen molar-refractivity contribution in [2.75, 3.05) is 13.2 Å². The smallest absolute Gasteiger partial charge is 0.119 e. The molecular formula is C27H42ClNO2. The van der Waals surface area contributed by atoms with E-state index in [1.54, 1.807) is 0 Å². The molecule has 0 saturated heterocycles. The van der Waals surface area contributed by atoms with Gasteiger partial charge in [-0.3, -0.25) is 0 Å². The molecule has 2 rings (SSSR count). The summed E-state index contributed by atoms with van der Waals surface area (Å²) in [6.45, 7) is 16.5. The number of ether oxygens (including phenoxy) is 2. The molecule has 0 spiro atoms. The molecule has 2 aromatic carbocycles. The van der Waals surface area contributed by atoms with Crippen molar-refractivity contribution < 1.29 is 9.47 Å². The van der Waals surface area contributed by atoms with Gasteiger partial charge in [-0.25, -0.2) is 0 Å². The molecule has 0 aliphatic rings. The fourth-order valence-corrected chi connectivity index (χ4v) is 4.15. The summed E-state index contributed by atoms with van der Waals surface area (Å²) in [5.74, 6) is 0.875. The van der Waals surface area contributed by atoms with Crippen molar-refractivity contribution in [1.82, 2.24) is 0 Å². The Labute approximate surface area is 196 Å². The SMILES string of the molecule is CC(C)(C)CC(C)(C)c1ccc(OCCOC(Cc2ccccc2)C(C)(C)N)cc1.Cl. The van der Waals surface area contributed by atoms with Crippen molar-refractivity contribution >= 4 is 12.4 Å². The van der Waals surface area contributed by atoms with Crippen LogP contribution in [0.15, 0.2) is 54.6 Å². The maximum Gasteiger partial charge on any atom is 0.119 e. The molecular weight excluding hydrogens is 406 g/mol. The molecule has 0 aliphatic carbocycles. The number of benzene rings is 2. The van der Waals surface area contributed by atoms with Crippen LogP contribution in [0.25, 0.3) is 0 Å². The van der Waals surface area contributed by atoms with Crippen molar-refractivity contribution in [3.05, 3.63) is 65.7 Å². The Kier molecular flexibility index (Phi) is 10.1. The summed E-state index contributed by atoms with van der Waals surface area (Å²) in [6.07, 6.45) is 1.86. The van der Waals surface area contributed by atoms with Crippen LogP contribution in [0.2, 0.25) is 0 Å². The third-order valence-electron chi connectivity index (χ3n) is 5.37. The van der Waals surface area contributed by atoms with E-state index in [1.165, 1.54) is 11.1 Å².